The van der Waals surface area contributed by atoms with Crippen molar-refractivity contribution < 1.29 is 43.1 Å². The fraction of sp³-hybridized carbons (Fsp3) is 0.756. The zero-order chi connectivity index (χ0) is 45.1. The van der Waals surface area contributed by atoms with Gasteiger partial charge in [-0.15, -0.1) is 0 Å². The van der Waals surface area contributed by atoms with Crippen LogP contribution < -0.4 is 27.0 Å². The van der Waals surface area contributed by atoms with Gasteiger partial charge in [-0.2, -0.15) is 0 Å². The van der Waals surface area contributed by atoms with Crippen LogP contribution in [0.25, 0.3) is 0 Å². The summed E-state index contributed by atoms with van der Waals surface area (Å²) in [4.78, 5) is 76.0. The largest absolute Gasteiger partial charge is 0.480 e. The molecule has 1 rings (SSSR count). The molecule has 15 heteroatoms. The number of rotatable bonds is 35. The van der Waals surface area contributed by atoms with Crippen LogP contribution in [-0.2, 0) is 39.5 Å². The molecule has 14 nitrogen and oxygen atoms in total. The third kappa shape index (κ3) is 22.0. The zero-order valence-corrected chi connectivity index (χ0v) is 38.6. The van der Waals surface area contributed by atoms with Gasteiger partial charge in [0.15, 0.2) is 0 Å². The van der Waals surface area contributed by atoms with Crippen LogP contribution in [0.15, 0.2) is 30.3 Å². The molecule has 8 N–H and O–H groups in total. The van der Waals surface area contributed by atoms with Crippen molar-refractivity contribution in [2.75, 3.05) is 6.54 Å². The average Bonchev–Trinajstić information content (AvgIpc) is 3.20. The molecule has 344 valence electrons. The van der Waals surface area contributed by atoms with Gasteiger partial charge in [0.1, 0.15) is 24.0 Å². The van der Waals surface area contributed by atoms with E-state index in [4.69, 9.17) is 10.3 Å². The Bertz CT molecular complexity index is 1450. The number of nitrogens with two attached hydrogens (primary N) is 1. The third-order valence-electron chi connectivity index (χ3n) is 11.3. The van der Waals surface area contributed by atoms with Crippen LogP contribution in [0.4, 0.5) is 0 Å². The first-order chi connectivity index (χ1) is 28.5. The van der Waals surface area contributed by atoms with Gasteiger partial charge in [0.2, 0.25) is 17.7 Å². The van der Waals surface area contributed by atoms with Crippen LogP contribution in [0, 0.1) is 17.8 Å². The van der Waals surface area contributed by atoms with Crippen molar-refractivity contribution in [1.82, 2.24) is 21.3 Å². The molecule has 60 heavy (non-hydrogen) atoms. The average molecular weight is 866 g/mol. The number of hydrogen-bond donors (Lipinski definition) is 7. The fourth-order valence-corrected chi connectivity index (χ4v) is 8.56. The maximum Gasteiger partial charge on any atom is 0.351 e. The summed E-state index contributed by atoms with van der Waals surface area (Å²) in [5, 5.41) is 20.8. The lowest BCUT2D eigenvalue weighted by Gasteiger charge is -2.32. The second-order valence-electron chi connectivity index (χ2n) is 16.9. The minimum Gasteiger partial charge on any atom is -0.480 e. The van der Waals surface area contributed by atoms with Crippen molar-refractivity contribution in [3.05, 3.63) is 35.9 Å². The molecule has 4 amide bonds. The van der Waals surface area contributed by atoms with Crippen molar-refractivity contribution in [2.45, 2.75) is 194 Å². The van der Waals surface area contributed by atoms with E-state index < -0.39 is 73.6 Å². The van der Waals surface area contributed by atoms with Crippen LogP contribution in [0.5, 0.6) is 0 Å². The Labute approximate surface area is 360 Å². The van der Waals surface area contributed by atoms with Gasteiger partial charge in [-0.05, 0) is 36.3 Å². The SMILES string of the molecule is CCCCCCCCCCCCCCCCN[C@H](C(=O)N[C@H](C(=O)NC(Cc1ccccc1)P(=O)(O)OC(C(=O)N[C@@H](CC(N)=O)C(=O)O)C(C)C)[C@@H](C)CC)[C@@H](C)CC. The van der Waals surface area contributed by atoms with E-state index >= 15 is 0 Å². The summed E-state index contributed by atoms with van der Waals surface area (Å²) in [6.07, 6.45) is 16.3. The number of carboxylic acids is 1. The predicted molar refractivity (Wildman–Crippen MR) is 238 cm³/mol. The topological polar surface area (TPSA) is 226 Å². The van der Waals surface area contributed by atoms with Crippen molar-refractivity contribution in [3.8, 4) is 0 Å². The lowest BCUT2D eigenvalue weighted by atomic mass is 9.94. The van der Waals surface area contributed by atoms with Gasteiger partial charge in [-0.3, -0.25) is 28.3 Å². The number of aliphatic carboxylic acids is 1. The molecular formula is C45H80N5O9P. The number of unbranched alkanes of at least 4 members (excludes halogenated alkanes) is 13. The fourth-order valence-electron chi connectivity index (χ4n) is 7.01. The van der Waals surface area contributed by atoms with Crippen LogP contribution in [0.1, 0.15) is 163 Å². The number of primary amides is 1. The molecule has 0 radical (unpaired) electrons. The minimum atomic E-state index is -4.93. The van der Waals surface area contributed by atoms with Gasteiger partial charge in [0, 0.05) is 6.42 Å². The molecule has 0 fully saturated rings. The highest BCUT2D eigenvalue weighted by Crippen LogP contribution is 2.49. The van der Waals surface area contributed by atoms with Gasteiger partial charge in [-0.1, -0.05) is 175 Å². The molecule has 0 spiro atoms. The Morgan fingerprint density at radius 3 is 1.63 bits per heavy atom. The quantitative estimate of drug-likeness (QED) is 0.0265. The Morgan fingerprint density at radius 1 is 0.683 bits per heavy atom. The van der Waals surface area contributed by atoms with Crippen molar-refractivity contribution in [1.29, 1.82) is 0 Å². The first-order valence-electron chi connectivity index (χ1n) is 22.7. The van der Waals surface area contributed by atoms with E-state index in [1.807, 2.05) is 27.7 Å². The summed E-state index contributed by atoms with van der Waals surface area (Å²) in [6, 6.07) is 5.34. The molecule has 3 unspecified atom stereocenters. The van der Waals surface area contributed by atoms with Gasteiger partial charge in [0.25, 0.3) is 5.91 Å². The summed E-state index contributed by atoms with van der Waals surface area (Å²) >= 11 is 0. The Balaban J connectivity index is 3.03. The molecule has 0 saturated carbocycles. The lowest BCUT2D eigenvalue weighted by Crippen LogP contribution is -2.58. The lowest BCUT2D eigenvalue weighted by molar-refractivity contribution is -0.145. The molecular weight excluding hydrogens is 785 g/mol. The summed E-state index contributed by atoms with van der Waals surface area (Å²) < 4.78 is 19.8. The highest BCUT2D eigenvalue weighted by molar-refractivity contribution is 7.53. The summed E-state index contributed by atoms with van der Waals surface area (Å²) in [6.45, 7) is 13.7. The number of carbonyl (C=O) groups excluding carboxylic acids is 4. The van der Waals surface area contributed by atoms with Gasteiger partial charge >= 0.3 is 13.6 Å². The molecule has 0 bridgehead atoms. The van der Waals surface area contributed by atoms with Gasteiger partial charge in [0.05, 0.1) is 12.5 Å². The third-order valence-corrected chi connectivity index (χ3v) is 12.9. The van der Waals surface area contributed by atoms with Crippen LogP contribution in [0.2, 0.25) is 0 Å². The number of hydrogen-bond acceptors (Lipinski definition) is 8. The summed E-state index contributed by atoms with van der Waals surface area (Å²) in [5.74, 6) is -7.24. The summed E-state index contributed by atoms with van der Waals surface area (Å²) in [5.41, 5.74) is 5.75. The van der Waals surface area contributed by atoms with Gasteiger partial charge in [-0.25, -0.2) is 4.79 Å². The highest BCUT2D eigenvalue weighted by Gasteiger charge is 2.42. The minimum absolute atomic E-state index is 0.0306. The number of nitrogens with one attached hydrogen (secondary N) is 4. The second kappa shape index (κ2) is 30.7. The first kappa shape index (κ1) is 54.7. The first-order valence-corrected chi connectivity index (χ1v) is 24.3. The molecule has 0 heterocycles. The normalized spacial score (nSPS) is 16.1. The van der Waals surface area contributed by atoms with E-state index in [2.05, 4.69) is 28.2 Å². The molecule has 0 aliphatic rings. The number of carboxylic acid groups (broad SMARTS) is 1. The van der Waals surface area contributed by atoms with Crippen molar-refractivity contribution in [3.63, 3.8) is 0 Å². The molecule has 8 atom stereocenters. The monoisotopic (exact) mass is 866 g/mol. The maximum absolute atomic E-state index is 14.2. The Kier molecular flexibility index (Phi) is 28.0. The standard InChI is InChI=1S/C45H80N5O9P/c1-8-11-12-13-14-15-16-17-18-19-20-21-22-26-29-47-39(33(6)9-2)42(52)50-40(34(7)10-3)43(53)49-38(30-35-27-24-23-25-28-35)60(57,58)59-41(32(4)5)44(54)48-36(45(55)56)31-37(46)51/h23-25,27-28,32-34,36,38-41,47H,8-22,26,29-31H2,1-7H3,(H2,46,51)(H,48,54)(H,49,53)(H,50,52)(H,55,56)(H,57,58)/t33-,34-,36-,38?,39-,40-,41?/m0/s1. The molecule has 0 aromatic heterocycles. The molecule has 1 aromatic rings. The van der Waals surface area contributed by atoms with E-state index in [1.165, 1.54) is 84.5 Å². The molecule has 0 aliphatic carbocycles. The summed E-state index contributed by atoms with van der Waals surface area (Å²) in [7, 11) is -4.93. The number of benzene rings is 1. The Morgan fingerprint density at radius 2 is 1.17 bits per heavy atom. The Hall–Kier alpha value is -3.32. The highest BCUT2D eigenvalue weighted by atomic mass is 31.2. The van der Waals surface area contributed by atoms with E-state index in [1.54, 1.807) is 30.3 Å². The van der Waals surface area contributed by atoms with Crippen LogP contribution >= 0.6 is 7.60 Å². The molecule has 1 aromatic carbocycles. The van der Waals surface area contributed by atoms with Gasteiger partial charge < -0.3 is 37.0 Å². The van der Waals surface area contributed by atoms with E-state index in [0.29, 0.717) is 18.5 Å². The second-order valence-corrected chi connectivity index (χ2v) is 18.9. The molecule has 0 aliphatic heterocycles. The number of carbonyl (C=O) groups is 5. The zero-order valence-electron chi connectivity index (χ0n) is 37.7. The van der Waals surface area contributed by atoms with E-state index in [0.717, 1.165) is 25.7 Å². The smallest absolute Gasteiger partial charge is 0.351 e. The maximum atomic E-state index is 14.2. The van der Waals surface area contributed by atoms with Crippen molar-refractivity contribution in [2.24, 2.45) is 23.5 Å². The predicted octanol–water partition coefficient (Wildman–Crippen LogP) is 7.36. The molecule has 0 saturated heterocycles. The van der Waals surface area contributed by atoms with Crippen molar-refractivity contribution >= 4 is 37.2 Å². The number of amides is 4. The van der Waals surface area contributed by atoms with Crippen LogP contribution in [-0.4, -0.2) is 76.2 Å². The van der Waals surface area contributed by atoms with Crippen LogP contribution in [0.3, 0.4) is 0 Å². The van der Waals surface area contributed by atoms with E-state index in [-0.39, 0.29) is 24.2 Å². The van der Waals surface area contributed by atoms with E-state index in [9.17, 15) is 38.5 Å².